The summed E-state index contributed by atoms with van der Waals surface area (Å²) in [4.78, 5) is 16.9. The van der Waals surface area contributed by atoms with Crippen molar-refractivity contribution >= 4 is 50.9 Å². The molecule has 1 saturated heterocycles. The maximum atomic E-state index is 13.2. The average Bonchev–Trinajstić information content (AvgIpc) is 2.78. The summed E-state index contributed by atoms with van der Waals surface area (Å²) in [7, 11) is 0. The van der Waals surface area contributed by atoms with Gasteiger partial charge in [-0.15, -0.1) is 0 Å². The van der Waals surface area contributed by atoms with Crippen LogP contribution in [0, 0.1) is 18.3 Å². The maximum absolute atomic E-state index is 13.2. The van der Waals surface area contributed by atoms with E-state index in [4.69, 9.17) is 16.3 Å². The molecule has 2 aliphatic heterocycles. The van der Waals surface area contributed by atoms with E-state index in [0.29, 0.717) is 45.0 Å². The number of hydrogen-bond acceptors (Lipinski definition) is 6. The van der Waals surface area contributed by atoms with Crippen molar-refractivity contribution in [2.75, 3.05) is 24.1 Å². The van der Waals surface area contributed by atoms with Crippen molar-refractivity contribution in [2.24, 2.45) is 0 Å². The lowest BCUT2D eigenvalue weighted by atomic mass is 9.86. The molecule has 6 nitrogen and oxygen atoms in total. The van der Waals surface area contributed by atoms with Crippen LogP contribution >= 0.6 is 39.3 Å². The van der Waals surface area contributed by atoms with Crippen molar-refractivity contribution in [3.8, 4) is 17.6 Å². The lowest BCUT2D eigenvalue weighted by molar-refractivity contribution is -0.129. The average molecular weight is 535 g/mol. The monoisotopic (exact) mass is 533 g/mol. The molecule has 1 fully saturated rings. The van der Waals surface area contributed by atoms with Gasteiger partial charge in [-0.2, -0.15) is 5.26 Å². The molecular weight excluding hydrogens is 514 g/mol. The quantitative estimate of drug-likeness (QED) is 0.539. The van der Waals surface area contributed by atoms with Gasteiger partial charge in [0.15, 0.2) is 11.5 Å². The van der Waals surface area contributed by atoms with Crippen molar-refractivity contribution in [3.63, 3.8) is 0 Å². The van der Waals surface area contributed by atoms with E-state index in [-0.39, 0.29) is 18.1 Å². The number of phenolic OH excluding ortho intramolecular Hbond substituents is 1. The first kappa shape index (κ1) is 22.8. The number of thioether (sulfide) groups is 1. The van der Waals surface area contributed by atoms with E-state index < -0.39 is 5.92 Å². The fraction of sp³-hybridized carbons (Fsp3) is 0.304. The van der Waals surface area contributed by atoms with Gasteiger partial charge in [-0.1, -0.05) is 29.4 Å². The highest BCUT2D eigenvalue weighted by molar-refractivity contribution is 9.10. The molecule has 32 heavy (non-hydrogen) atoms. The smallest absolute Gasteiger partial charge is 0.229 e. The van der Waals surface area contributed by atoms with Crippen LogP contribution in [0.5, 0.6) is 11.5 Å². The molecule has 0 saturated carbocycles. The summed E-state index contributed by atoms with van der Waals surface area (Å²) >= 11 is 11.1. The molecule has 4 rings (SSSR count). The number of fused-ring (bicyclic) bond motifs is 1. The van der Waals surface area contributed by atoms with Crippen molar-refractivity contribution in [3.05, 3.63) is 61.6 Å². The molecule has 2 heterocycles. The third-order valence-electron chi connectivity index (χ3n) is 5.57. The first-order valence-electron chi connectivity index (χ1n) is 10.1. The predicted molar refractivity (Wildman–Crippen MR) is 130 cm³/mol. The Morgan fingerprint density at radius 1 is 1.38 bits per heavy atom. The van der Waals surface area contributed by atoms with Gasteiger partial charge in [0.25, 0.3) is 0 Å². The standard InChI is InChI=1S/C23H21BrClN3O3S/c1-3-31-20-7-14(6-18(24)22(20)30)16-9-21(29)28-11-27(12-32-23(28)17(16)10-26)15-5-4-13(2)19(25)8-15/h4-8,16,30H,3,9,11-12H2,1-2H3/t16-/m0/s1. The molecule has 1 atom stereocenters. The molecule has 0 aliphatic carbocycles. The second kappa shape index (κ2) is 9.26. The number of aryl methyl sites for hydroxylation is 1. The number of ether oxygens (including phenoxy) is 1. The molecule has 0 spiro atoms. The van der Waals surface area contributed by atoms with E-state index >= 15 is 0 Å². The largest absolute Gasteiger partial charge is 0.503 e. The van der Waals surface area contributed by atoms with Gasteiger partial charge in [0.1, 0.15) is 0 Å². The molecule has 2 aliphatic rings. The molecule has 0 aromatic heterocycles. The summed E-state index contributed by atoms with van der Waals surface area (Å²) < 4.78 is 6.00. The third kappa shape index (κ3) is 4.17. The first-order valence-corrected chi connectivity index (χ1v) is 12.2. The van der Waals surface area contributed by atoms with Gasteiger partial charge in [-0.05, 0) is 65.2 Å². The van der Waals surface area contributed by atoms with Crippen LogP contribution in [0.1, 0.15) is 30.4 Å². The minimum absolute atomic E-state index is 0.00460. The van der Waals surface area contributed by atoms with Crippen LogP contribution in [-0.4, -0.2) is 35.1 Å². The van der Waals surface area contributed by atoms with Gasteiger partial charge in [0, 0.05) is 23.0 Å². The number of carbonyl (C=O) groups excluding carboxylic acids is 1. The number of nitriles is 1. The Kier molecular flexibility index (Phi) is 6.61. The summed E-state index contributed by atoms with van der Waals surface area (Å²) in [5.74, 6) is 0.474. The molecule has 2 aromatic rings. The number of benzene rings is 2. The minimum Gasteiger partial charge on any atom is -0.503 e. The summed E-state index contributed by atoms with van der Waals surface area (Å²) in [6.07, 6.45) is 0.165. The van der Waals surface area contributed by atoms with Gasteiger partial charge >= 0.3 is 0 Å². The number of rotatable bonds is 4. The molecule has 0 radical (unpaired) electrons. The third-order valence-corrected chi connectivity index (χ3v) is 7.73. The normalized spacial score (nSPS) is 18.5. The molecule has 1 N–H and O–H groups in total. The molecule has 2 aromatic carbocycles. The highest BCUT2D eigenvalue weighted by Crippen LogP contribution is 2.46. The number of anilines is 1. The summed E-state index contributed by atoms with van der Waals surface area (Å²) in [5, 5.41) is 21.6. The molecule has 9 heteroatoms. The second-order valence-electron chi connectivity index (χ2n) is 7.58. The van der Waals surface area contributed by atoms with Crippen molar-refractivity contribution < 1.29 is 14.6 Å². The zero-order valence-corrected chi connectivity index (χ0v) is 20.7. The number of amides is 1. The number of allylic oxidation sites excluding steroid dienone is 1. The lowest BCUT2D eigenvalue weighted by Gasteiger charge is -2.42. The van der Waals surface area contributed by atoms with Crippen LogP contribution in [0.3, 0.4) is 0 Å². The second-order valence-corrected chi connectivity index (χ2v) is 9.77. The Hall–Kier alpha value is -2.34. The Labute approximate surface area is 204 Å². The maximum Gasteiger partial charge on any atom is 0.229 e. The van der Waals surface area contributed by atoms with E-state index in [1.165, 1.54) is 11.8 Å². The molecule has 166 valence electrons. The van der Waals surface area contributed by atoms with Gasteiger partial charge in [0.2, 0.25) is 5.91 Å². The zero-order chi connectivity index (χ0) is 23.0. The molecule has 0 bridgehead atoms. The van der Waals surface area contributed by atoms with Gasteiger partial charge in [-0.3, -0.25) is 9.69 Å². The Morgan fingerprint density at radius 2 is 2.16 bits per heavy atom. The van der Waals surface area contributed by atoms with Crippen LogP contribution in [-0.2, 0) is 4.79 Å². The minimum atomic E-state index is -0.400. The van der Waals surface area contributed by atoms with Crippen molar-refractivity contribution in [1.82, 2.24) is 4.90 Å². The van der Waals surface area contributed by atoms with Crippen LogP contribution in [0.15, 0.2) is 45.4 Å². The Morgan fingerprint density at radius 3 is 2.84 bits per heavy atom. The van der Waals surface area contributed by atoms with E-state index in [9.17, 15) is 15.2 Å². The fourth-order valence-electron chi connectivity index (χ4n) is 3.85. The van der Waals surface area contributed by atoms with Gasteiger partial charge < -0.3 is 14.7 Å². The van der Waals surface area contributed by atoms with Gasteiger partial charge in [0.05, 0.1) is 40.3 Å². The number of phenols is 1. The number of carbonyl (C=O) groups is 1. The van der Waals surface area contributed by atoms with Crippen LogP contribution < -0.4 is 9.64 Å². The molecular formula is C23H21BrClN3O3S. The Balaban J connectivity index is 1.68. The van der Waals surface area contributed by atoms with E-state index in [1.807, 2.05) is 32.0 Å². The predicted octanol–water partition coefficient (Wildman–Crippen LogP) is 5.73. The fourth-order valence-corrected chi connectivity index (χ4v) is 5.65. The van der Waals surface area contributed by atoms with E-state index in [1.54, 1.807) is 17.0 Å². The zero-order valence-electron chi connectivity index (χ0n) is 17.6. The summed E-state index contributed by atoms with van der Waals surface area (Å²) in [6.45, 7) is 4.53. The number of aromatic hydroxyl groups is 1. The molecule has 1 amide bonds. The van der Waals surface area contributed by atoms with Gasteiger partial charge in [-0.25, -0.2) is 0 Å². The lowest BCUT2D eigenvalue weighted by Crippen LogP contribution is -2.47. The first-order chi connectivity index (χ1) is 15.3. The number of halogens is 2. The van der Waals surface area contributed by atoms with Crippen LogP contribution in [0.25, 0.3) is 0 Å². The van der Waals surface area contributed by atoms with Crippen LogP contribution in [0.2, 0.25) is 5.02 Å². The molecule has 0 unspecified atom stereocenters. The summed E-state index contributed by atoms with van der Waals surface area (Å²) in [5.41, 5.74) is 3.24. The highest BCUT2D eigenvalue weighted by Gasteiger charge is 2.39. The summed E-state index contributed by atoms with van der Waals surface area (Å²) in [6, 6.07) is 11.6. The van der Waals surface area contributed by atoms with Crippen molar-refractivity contribution in [1.29, 1.82) is 5.26 Å². The highest BCUT2D eigenvalue weighted by atomic mass is 79.9. The van der Waals surface area contributed by atoms with Crippen molar-refractivity contribution in [2.45, 2.75) is 26.2 Å². The SMILES string of the molecule is CCOc1cc([C@@H]2CC(=O)N3CN(c4ccc(C)c(Cl)c4)CSC3=C2C#N)cc(Br)c1O. The Bertz CT molecular complexity index is 1160. The van der Waals surface area contributed by atoms with Crippen LogP contribution in [0.4, 0.5) is 5.69 Å². The number of hydrogen-bond donors (Lipinski definition) is 1. The van der Waals surface area contributed by atoms with E-state index in [0.717, 1.165) is 16.8 Å². The topological polar surface area (TPSA) is 76.8 Å². The number of nitrogens with zero attached hydrogens (tertiary/aromatic N) is 3. The van der Waals surface area contributed by atoms with E-state index in [2.05, 4.69) is 26.9 Å².